The number of rotatable bonds is 3. The second-order valence-electron chi connectivity index (χ2n) is 7.45. The quantitative estimate of drug-likeness (QED) is 0.911. The van der Waals surface area contributed by atoms with E-state index in [0.717, 1.165) is 36.8 Å². The van der Waals surface area contributed by atoms with Gasteiger partial charge in [0.25, 0.3) is 5.56 Å². The Morgan fingerprint density at radius 3 is 2.57 bits per heavy atom. The van der Waals surface area contributed by atoms with E-state index in [0.29, 0.717) is 22.6 Å². The summed E-state index contributed by atoms with van der Waals surface area (Å²) in [5.74, 6) is 0.635. The Hall–Kier alpha value is -2.17. The number of amides is 1. The van der Waals surface area contributed by atoms with Gasteiger partial charge >= 0.3 is 0 Å². The largest absolute Gasteiger partial charge is 0.369 e. The molecule has 1 atom stereocenters. The van der Waals surface area contributed by atoms with Crippen LogP contribution in [0.25, 0.3) is 10.8 Å². The average Bonchev–Trinajstić information content (AvgIpc) is 2.46. The second kappa shape index (κ2) is 4.91. The fourth-order valence-electron chi connectivity index (χ4n) is 4.60. The maximum absolute atomic E-state index is 11.9. The molecular formula is C18H21N3O2. The highest BCUT2D eigenvalue weighted by Crippen LogP contribution is 2.65. The summed E-state index contributed by atoms with van der Waals surface area (Å²) in [7, 11) is 0. The van der Waals surface area contributed by atoms with Crippen LogP contribution in [-0.2, 0) is 4.79 Å². The van der Waals surface area contributed by atoms with Gasteiger partial charge in [0.05, 0.1) is 11.1 Å². The van der Waals surface area contributed by atoms with Crippen molar-refractivity contribution in [2.75, 3.05) is 0 Å². The predicted octanol–water partition coefficient (Wildman–Crippen LogP) is 2.32. The fourth-order valence-corrected chi connectivity index (χ4v) is 4.60. The van der Waals surface area contributed by atoms with Crippen molar-refractivity contribution < 1.29 is 4.79 Å². The van der Waals surface area contributed by atoms with Crippen LogP contribution >= 0.6 is 0 Å². The lowest BCUT2D eigenvalue weighted by atomic mass is 9.46. The van der Waals surface area contributed by atoms with E-state index in [1.807, 2.05) is 31.2 Å². The van der Waals surface area contributed by atoms with Crippen molar-refractivity contribution in [2.24, 2.45) is 23.0 Å². The third kappa shape index (κ3) is 2.18. The first-order valence-corrected chi connectivity index (χ1v) is 8.26. The molecule has 1 unspecified atom stereocenters. The number of carbonyl (C=O) groups excluding carboxylic acids is 1. The number of hydrogen-bond donors (Lipinski definition) is 2. The molecule has 5 heteroatoms. The molecule has 4 rings (SSSR count). The smallest absolute Gasteiger partial charge is 0.272 e. The lowest BCUT2D eigenvalue weighted by molar-refractivity contribution is -0.129. The van der Waals surface area contributed by atoms with E-state index < -0.39 is 0 Å². The highest BCUT2D eigenvalue weighted by molar-refractivity contribution is 5.84. The summed E-state index contributed by atoms with van der Waals surface area (Å²) in [5, 5.41) is 8.64. The standard InChI is InChI=1S/C18H21N3O2/c1-10(16(19)22)11-6-18(7-11)8-12(9-18)15-13-4-2-3-5-14(13)17(23)21-20-15/h2-5,10-12H,6-9H2,1H3,(H2,19,22)(H,21,23). The SMILES string of the molecule is CC(C(N)=O)C1CC2(CC(c3n[nH]c(=O)c4ccccc34)C2)C1. The Kier molecular flexibility index (Phi) is 3.08. The predicted molar refractivity (Wildman–Crippen MR) is 87.9 cm³/mol. The molecule has 120 valence electrons. The molecule has 0 saturated heterocycles. The van der Waals surface area contributed by atoms with Gasteiger partial charge in [-0.1, -0.05) is 25.1 Å². The van der Waals surface area contributed by atoms with Crippen molar-refractivity contribution in [1.29, 1.82) is 0 Å². The number of nitrogens with two attached hydrogens (primary N) is 1. The van der Waals surface area contributed by atoms with Crippen LogP contribution in [0.2, 0.25) is 0 Å². The highest BCUT2D eigenvalue weighted by Gasteiger charge is 2.55. The monoisotopic (exact) mass is 311 g/mol. The van der Waals surface area contributed by atoms with Crippen LogP contribution in [0.4, 0.5) is 0 Å². The van der Waals surface area contributed by atoms with Crippen LogP contribution in [0.1, 0.15) is 44.2 Å². The Balaban J connectivity index is 1.51. The normalized spacial score (nSPS) is 30.7. The molecule has 2 saturated carbocycles. The summed E-state index contributed by atoms with van der Waals surface area (Å²) >= 11 is 0. The third-order valence-electron chi connectivity index (χ3n) is 6.02. The van der Waals surface area contributed by atoms with Crippen molar-refractivity contribution in [2.45, 2.75) is 38.5 Å². The van der Waals surface area contributed by atoms with Crippen LogP contribution in [0, 0.1) is 17.3 Å². The number of primary amides is 1. The fraction of sp³-hybridized carbons (Fsp3) is 0.500. The van der Waals surface area contributed by atoms with E-state index in [2.05, 4.69) is 10.2 Å². The zero-order chi connectivity index (χ0) is 16.2. The second-order valence-corrected chi connectivity index (χ2v) is 7.45. The number of H-pyrrole nitrogens is 1. The molecule has 0 aliphatic heterocycles. The molecule has 5 nitrogen and oxygen atoms in total. The molecule has 2 fully saturated rings. The molecular weight excluding hydrogens is 290 g/mol. The van der Waals surface area contributed by atoms with Gasteiger partial charge in [0, 0.05) is 17.2 Å². The molecule has 1 amide bonds. The molecule has 0 bridgehead atoms. The number of nitrogens with one attached hydrogen (secondary N) is 1. The number of fused-ring (bicyclic) bond motifs is 1. The average molecular weight is 311 g/mol. The van der Waals surface area contributed by atoms with E-state index in [9.17, 15) is 9.59 Å². The van der Waals surface area contributed by atoms with E-state index in [-0.39, 0.29) is 17.4 Å². The highest BCUT2D eigenvalue weighted by atomic mass is 16.1. The summed E-state index contributed by atoms with van der Waals surface area (Å²) in [4.78, 5) is 23.2. The van der Waals surface area contributed by atoms with Crippen molar-refractivity contribution >= 4 is 16.7 Å². The van der Waals surface area contributed by atoms with Crippen LogP contribution < -0.4 is 11.3 Å². The van der Waals surface area contributed by atoms with Crippen molar-refractivity contribution in [3.8, 4) is 0 Å². The summed E-state index contributed by atoms with van der Waals surface area (Å²) < 4.78 is 0. The van der Waals surface area contributed by atoms with Gasteiger partial charge in [-0.15, -0.1) is 0 Å². The topological polar surface area (TPSA) is 88.8 Å². The molecule has 2 aliphatic rings. The number of hydrogen-bond acceptors (Lipinski definition) is 3. The zero-order valence-electron chi connectivity index (χ0n) is 13.2. The molecule has 1 heterocycles. The molecule has 3 N–H and O–H groups in total. The van der Waals surface area contributed by atoms with Crippen LogP contribution in [0.3, 0.4) is 0 Å². The maximum Gasteiger partial charge on any atom is 0.272 e. The van der Waals surface area contributed by atoms with Gasteiger partial charge in [-0.05, 0) is 43.1 Å². The third-order valence-corrected chi connectivity index (χ3v) is 6.02. The molecule has 1 aromatic carbocycles. The van der Waals surface area contributed by atoms with Gasteiger partial charge < -0.3 is 5.73 Å². The summed E-state index contributed by atoms with van der Waals surface area (Å²) in [5.41, 5.74) is 6.66. The Bertz CT molecular complexity index is 828. The van der Waals surface area contributed by atoms with Crippen LogP contribution in [0.15, 0.2) is 29.1 Å². The Morgan fingerprint density at radius 1 is 1.26 bits per heavy atom. The molecule has 2 aromatic rings. The van der Waals surface area contributed by atoms with Gasteiger partial charge in [0.15, 0.2) is 0 Å². The summed E-state index contributed by atoms with van der Waals surface area (Å²) in [6, 6.07) is 7.67. The lowest BCUT2D eigenvalue weighted by Gasteiger charge is -2.58. The molecule has 2 aliphatic carbocycles. The van der Waals surface area contributed by atoms with Gasteiger partial charge in [0.2, 0.25) is 5.91 Å². The summed E-state index contributed by atoms with van der Waals surface area (Å²) in [6.45, 7) is 1.94. The summed E-state index contributed by atoms with van der Waals surface area (Å²) in [6.07, 6.45) is 4.37. The van der Waals surface area contributed by atoms with Crippen molar-refractivity contribution in [3.63, 3.8) is 0 Å². The van der Waals surface area contributed by atoms with E-state index >= 15 is 0 Å². The van der Waals surface area contributed by atoms with Crippen molar-refractivity contribution in [3.05, 3.63) is 40.3 Å². The Labute approximate surface area is 134 Å². The zero-order valence-corrected chi connectivity index (χ0v) is 13.2. The number of carbonyl (C=O) groups is 1. The molecule has 1 aromatic heterocycles. The van der Waals surface area contributed by atoms with Crippen LogP contribution in [-0.4, -0.2) is 16.1 Å². The van der Waals surface area contributed by atoms with E-state index in [1.165, 1.54) is 0 Å². The van der Waals surface area contributed by atoms with E-state index in [1.54, 1.807) is 0 Å². The molecule has 23 heavy (non-hydrogen) atoms. The first-order valence-electron chi connectivity index (χ1n) is 8.26. The molecule has 0 radical (unpaired) electrons. The lowest BCUT2D eigenvalue weighted by Crippen LogP contribution is -2.50. The van der Waals surface area contributed by atoms with Crippen molar-refractivity contribution in [1.82, 2.24) is 10.2 Å². The van der Waals surface area contributed by atoms with Gasteiger partial charge in [-0.25, -0.2) is 5.10 Å². The molecule has 1 spiro atoms. The van der Waals surface area contributed by atoms with Gasteiger partial charge in [-0.2, -0.15) is 5.10 Å². The van der Waals surface area contributed by atoms with E-state index in [4.69, 9.17) is 5.73 Å². The minimum atomic E-state index is -0.186. The minimum absolute atomic E-state index is 0.0216. The van der Waals surface area contributed by atoms with Gasteiger partial charge in [-0.3, -0.25) is 9.59 Å². The minimum Gasteiger partial charge on any atom is -0.369 e. The first kappa shape index (κ1) is 14.4. The first-order chi connectivity index (χ1) is 11.0. The Morgan fingerprint density at radius 2 is 1.91 bits per heavy atom. The number of aromatic nitrogens is 2. The van der Waals surface area contributed by atoms with Gasteiger partial charge in [0.1, 0.15) is 0 Å². The van der Waals surface area contributed by atoms with Crippen LogP contribution in [0.5, 0.6) is 0 Å². The number of aromatic amines is 1. The maximum atomic E-state index is 11.9. The number of nitrogens with zero attached hydrogens (tertiary/aromatic N) is 1. The number of benzene rings is 1.